The monoisotopic (exact) mass is 378 g/mol. The van der Waals surface area contributed by atoms with Gasteiger partial charge in [-0.15, -0.1) is 0 Å². The highest BCUT2D eigenvalue weighted by atomic mass is 79.9. The van der Waals surface area contributed by atoms with Crippen molar-refractivity contribution in [3.05, 3.63) is 61.2 Å². The highest BCUT2D eigenvalue weighted by Gasteiger charge is 2.14. The Balaban J connectivity index is 1.79. The van der Waals surface area contributed by atoms with Crippen molar-refractivity contribution in [3.63, 3.8) is 0 Å². The Morgan fingerprint density at radius 3 is 3.00 bits per heavy atom. The summed E-state index contributed by atoms with van der Waals surface area (Å²) in [6, 6.07) is 5.37. The fourth-order valence-corrected chi connectivity index (χ4v) is 2.35. The predicted molar refractivity (Wildman–Crippen MR) is 85.2 cm³/mol. The molecule has 0 spiro atoms. The van der Waals surface area contributed by atoms with Gasteiger partial charge in [0.1, 0.15) is 11.1 Å². The summed E-state index contributed by atoms with van der Waals surface area (Å²) in [6.07, 6.45) is 1.09. The average molecular weight is 379 g/mol. The summed E-state index contributed by atoms with van der Waals surface area (Å²) in [5.74, 6) is -0.307. The molecule has 2 N–H and O–H groups in total. The largest absolute Gasteiger partial charge is 0.439 e. The molecule has 0 unspecified atom stereocenters. The van der Waals surface area contributed by atoms with Gasteiger partial charge in [-0.05, 0) is 18.2 Å². The number of fused-ring (bicyclic) bond motifs is 1. The number of hydrogen-bond acceptors (Lipinski definition) is 5. The van der Waals surface area contributed by atoms with Gasteiger partial charge in [-0.25, -0.2) is 9.78 Å². The first-order valence-electron chi connectivity index (χ1n) is 6.57. The van der Waals surface area contributed by atoms with Gasteiger partial charge in [0.15, 0.2) is 5.58 Å². The minimum atomic E-state index is -0.673. The molecule has 2 aromatic heterocycles. The lowest BCUT2D eigenvalue weighted by Crippen LogP contribution is -2.38. The van der Waals surface area contributed by atoms with Crippen LogP contribution in [0.1, 0.15) is 16.2 Å². The van der Waals surface area contributed by atoms with Gasteiger partial charge in [-0.1, -0.05) is 15.9 Å². The third-order valence-corrected chi connectivity index (χ3v) is 3.71. The third-order valence-electron chi connectivity index (χ3n) is 3.22. The van der Waals surface area contributed by atoms with Crippen molar-refractivity contribution < 1.29 is 9.21 Å². The molecule has 118 valence electrons. The number of nitrogens with zero attached hydrogens (tertiary/aromatic N) is 2. The van der Waals surface area contributed by atoms with Gasteiger partial charge in [0.05, 0.1) is 6.54 Å². The van der Waals surface area contributed by atoms with E-state index in [1.807, 2.05) is 6.07 Å². The van der Waals surface area contributed by atoms with E-state index >= 15 is 0 Å². The van der Waals surface area contributed by atoms with E-state index in [9.17, 15) is 14.4 Å². The zero-order valence-electron chi connectivity index (χ0n) is 11.9. The second kappa shape index (κ2) is 5.84. The maximum atomic E-state index is 12.0. The normalized spacial score (nSPS) is 10.9. The van der Waals surface area contributed by atoms with Crippen molar-refractivity contribution in [2.75, 3.05) is 0 Å². The summed E-state index contributed by atoms with van der Waals surface area (Å²) in [4.78, 5) is 41.7. The number of rotatable bonds is 3. The van der Waals surface area contributed by atoms with Crippen LogP contribution in [0.3, 0.4) is 0 Å². The fourth-order valence-electron chi connectivity index (χ4n) is 2.00. The zero-order valence-corrected chi connectivity index (χ0v) is 13.5. The molecule has 0 saturated carbocycles. The number of oxazole rings is 1. The molecule has 3 aromatic rings. The van der Waals surface area contributed by atoms with Gasteiger partial charge in [0, 0.05) is 17.7 Å². The van der Waals surface area contributed by atoms with Crippen molar-refractivity contribution in [2.45, 2.75) is 6.54 Å². The molecule has 0 atom stereocenters. The number of aromatic nitrogens is 3. The van der Waals surface area contributed by atoms with Crippen LogP contribution in [-0.2, 0) is 13.6 Å². The number of aromatic amines is 1. The lowest BCUT2D eigenvalue weighted by Gasteiger charge is -2.03. The Labute approximate surface area is 137 Å². The van der Waals surface area contributed by atoms with Crippen LogP contribution in [0, 0.1) is 0 Å². The number of hydrogen-bond donors (Lipinski definition) is 2. The summed E-state index contributed by atoms with van der Waals surface area (Å²) in [6.45, 7) is 0.0212. The van der Waals surface area contributed by atoms with Crippen molar-refractivity contribution >= 4 is 32.9 Å². The first-order chi connectivity index (χ1) is 11.0. The quantitative estimate of drug-likeness (QED) is 0.703. The number of carbonyl (C=O) groups is 1. The molecule has 9 heteroatoms. The standard InChI is InChI=1S/C14H11BrN4O4/c1-19-13(21)8(5-17-14(19)22)12(20)16-6-11-18-9-4-7(15)2-3-10(9)23-11/h2-5H,6H2,1H3,(H,16,20)(H,17,22). The molecule has 0 fully saturated rings. The number of carbonyl (C=O) groups excluding carboxylic acids is 1. The Morgan fingerprint density at radius 2 is 2.22 bits per heavy atom. The molecule has 1 amide bonds. The van der Waals surface area contributed by atoms with Gasteiger partial charge in [-0.3, -0.25) is 14.2 Å². The summed E-state index contributed by atoms with van der Waals surface area (Å²) in [7, 11) is 1.29. The molecule has 23 heavy (non-hydrogen) atoms. The molecule has 0 saturated heterocycles. The first kappa shape index (κ1) is 15.2. The lowest BCUT2D eigenvalue weighted by molar-refractivity contribution is 0.0945. The van der Waals surface area contributed by atoms with Crippen molar-refractivity contribution in [1.82, 2.24) is 19.9 Å². The minimum Gasteiger partial charge on any atom is -0.439 e. The van der Waals surface area contributed by atoms with Crippen LogP contribution < -0.4 is 16.6 Å². The van der Waals surface area contributed by atoms with Crippen molar-refractivity contribution in [3.8, 4) is 0 Å². The van der Waals surface area contributed by atoms with Crippen LogP contribution in [0.2, 0.25) is 0 Å². The Morgan fingerprint density at radius 1 is 1.43 bits per heavy atom. The van der Waals surface area contributed by atoms with Crippen molar-refractivity contribution in [2.24, 2.45) is 7.05 Å². The van der Waals surface area contributed by atoms with Crippen LogP contribution in [-0.4, -0.2) is 20.4 Å². The molecular weight excluding hydrogens is 368 g/mol. The third kappa shape index (κ3) is 2.95. The lowest BCUT2D eigenvalue weighted by atomic mass is 10.3. The molecule has 0 radical (unpaired) electrons. The first-order valence-corrected chi connectivity index (χ1v) is 7.37. The summed E-state index contributed by atoms with van der Waals surface area (Å²) >= 11 is 3.34. The Hall–Kier alpha value is -2.68. The molecule has 3 rings (SSSR count). The number of halogens is 1. The second-order valence-corrected chi connectivity index (χ2v) is 5.69. The number of benzene rings is 1. The predicted octanol–water partition coefficient (Wildman–Crippen LogP) is 0.907. The topological polar surface area (TPSA) is 110 Å². The van der Waals surface area contributed by atoms with E-state index in [0.717, 1.165) is 15.2 Å². The van der Waals surface area contributed by atoms with E-state index in [1.165, 1.54) is 7.05 Å². The van der Waals surface area contributed by atoms with E-state index in [1.54, 1.807) is 12.1 Å². The van der Waals surface area contributed by atoms with Gasteiger partial charge in [-0.2, -0.15) is 0 Å². The molecule has 0 aliphatic rings. The summed E-state index contributed by atoms with van der Waals surface area (Å²) < 4.78 is 7.19. The van der Waals surface area contributed by atoms with E-state index in [0.29, 0.717) is 17.0 Å². The smallest absolute Gasteiger partial charge is 0.328 e. The van der Waals surface area contributed by atoms with Crippen LogP contribution in [0.15, 0.2) is 42.9 Å². The molecule has 8 nitrogen and oxygen atoms in total. The van der Waals surface area contributed by atoms with Gasteiger partial charge in [0.25, 0.3) is 11.5 Å². The fraction of sp³-hybridized carbons (Fsp3) is 0.143. The molecule has 1 aromatic carbocycles. The molecule has 0 bridgehead atoms. The Bertz CT molecular complexity index is 1020. The van der Waals surface area contributed by atoms with E-state index in [2.05, 4.69) is 31.2 Å². The molecule has 2 heterocycles. The van der Waals surface area contributed by atoms with E-state index < -0.39 is 17.2 Å². The van der Waals surface area contributed by atoms with E-state index in [4.69, 9.17) is 4.42 Å². The Kier molecular flexibility index (Phi) is 3.87. The average Bonchev–Trinajstić information content (AvgIpc) is 2.92. The number of amides is 1. The SMILES string of the molecule is Cn1c(=O)[nH]cc(C(=O)NCc2nc3cc(Br)ccc3o2)c1=O. The molecule has 0 aliphatic heterocycles. The summed E-state index contributed by atoms with van der Waals surface area (Å²) in [5.41, 5.74) is -0.171. The summed E-state index contributed by atoms with van der Waals surface area (Å²) in [5, 5.41) is 2.54. The number of nitrogens with one attached hydrogen (secondary N) is 2. The van der Waals surface area contributed by atoms with Gasteiger partial charge >= 0.3 is 5.69 Å². The van der Waals surface area contributed by atoms with Gasteiger partial charge < -0.3 is 14.7 Å². The molecular formula is C14H11BrN4O4. The number of H-pyrrole nitrogens is 1. The second-order valence-electron chi connectivity index (χ2n) is 4.77. The van der Waals surface area contributed by atoms with Crippen molar-refractivity contribution in [1.29, 1.82) is 0 Å². The minimum absolute atomic E-state index is 0.0212. The van der Waals surface area contributed by atoms with Crippen LogP contribution in [0.4, 0.5) is 0 Å². The maximum absolute atomic E-state index is 12.0. The highest BCUT2D eigenvalue weighted by molar-refractivity contribution is 9.10. The van der Waals surface area contributed by atoms with Crippen LogP contribution in [0.25, 0.3) is 11.1 Å². The van der Waals surface area contributed by atoms with Gasteiger partial charge in [0.2, 0.25) is 5.89 Å². The maximum Gasteiger partial charge on any atom is 0.328 e. The van der Waals surface area contributed by atoms with Crippen LogP contribution >= 0.6 is 15.9 Å². The highest BCUT2D eigenvalue weighted by Crippen LogP contribution is 2.20. The zero-order chi connectivity index (χ0) is 16.6. The van der Waals surface area contributed by atoms with Crippen LogP contribution in [0.5, 0.6) is 0 Å². The molecule has 0 aliphatic carbocycles. The van der Waals surface area contributed by atoms with E-state index in [-0.39, 0.29) is 12.1 Å².